The van der Waals surface area contributed by atoms with Crippen molar-refractivity contribution in [1.82, 2.24) is 10.2 Å². The molecule has 2 fully saturated rings. The number of alkyl carbamates (subject to hydrolysis) is 1. The van der Waals surface area contributed by atoms with E-state index >= 15 is 0 Å². The molecule has 2 aromatic carbocycles. The lowest BCUT2D eigenvalue weighted by atomic mass is 9.76. The maximum atomic E-state index is 12.5. The van der Waals surface area contributed by atoms with Gasteiger partial charge in [-0.25, -0.2) is 4.79 Å². The Morgan fingerprint density at radius 1 is 1.10 bits per heavy atom. The number of amides is 1. The standard InChI is InChI=1S/C24H26N2O4/c27-22(28)24(15-26-11-5-6-16(24)12-26)14-25-23(29)30-13-21-19-9-3-1-7-17(19)18-8-2-4-10-20(18)21/h1-4,7-10,16,21H,5-6,11-15H2,(H,25,29)(H,27,28). The number of nitrogens with zero attached hydrogens (tertiary/aromatic N) is 1. The van der Waals surface area contributed by atoms with Crippen molar-refractivity contribution in [2.45, 2.75) is 18.8 Å². The van der Waals surface area contributed by atoms with Gasteiger partial charge >= 0.3 is 12.1 Å². The van der Waals surface area contributed by atoms with Crippen LogP contribution in [0, 0.1) is 11.3 Å². The second-order valence-corrected chi connectivity index (χ2v) is 8.71. The summed E-state index contributed by atoms with van der Waals surface area (Å²) in [6.07, 6.45) is 1.37. The number of aliphatic carboxylic acids is 1. The number of carboxylic acids is 1. The van der Waals surface area contributed by atoms with Crippen LogP contribution in [0.25, 0.3) is 11.1 Å². The van der Waals surface area contributed by atoms with Crippen molar-refractivity contribution >= 4 is 12.1 Å². The van der Waals surface area contributed by atoms with Crippen LogP contribution in [0.5, 0.6) is 0 Å². The van der Waals surface area contributed by atoms with Crippen LogP contribution in [-0.2, 0) is 9.53 Å². The van der Waals surface area contributed by atoms with E-state index in [4.69, 9.17) is 4.74 Å². The molecule has 6 nitrogen and oxygen atoms in total. The van der Waals surface area contributed by atoms with Gasteiger partial charge < -0.3 is 20.1 Å². The molecule has 3 unspecified atom stereocenters. The van der Waals surface area contributed by atoms with Crippen molar-refractivity contribution in [3.8, 4) is 11.1 Å². The molecule has 30 heavy (non-hydrogen) atoms. The highest BCUT2D eigenvalue weighted by atomic mass is 16.5. The molecule has 6 heteroatoms. The number of hydrogen-bond acceptors (Lipinski definition) is 4. The summed E-state index contributed by atoms with van der Waals surface area (Å²) in [6, 6.07) is 16.4. The highest BCUT2D eigenvalue weighted by molar-refractivity contribution is 5.79. The van der Waals surface area contributed by atoms with Crippen molar-refractivity contribution in [2.24, 2.45) is 11.3 Å². The molecule has 3 atom stereocenters. The van der Waals surface area contributed by atoms with Gasteiger partial charge in [0.05, 0.1) is 0 Å². The lowest BCUT2D eigenvalue weighted by Gasteiger charge is -2.30. The fourth-order valence-electron chi connectivity index (χ4n) is 5.58. The van der Waals surface area contributed by atoms with Gasteiger partial charge in [0, 0.05) is 25.6 Å². The van der Waals surface area contributed by atoms with Gasteiger partial charge in [0.1, 0.15) is 12.0 Å². The minimum atomic E-state index is -0.915. The van der Waals surface area contributed by atoms with E-state index in [9.17, 15) is 14.7 Å². The van der Waals surface area contributed by atoms with Gasteiger partial charge in [0.2, 0.25) is 0 Å². The molecule has 5 rings (SSSR count). The number of hydrogen-bond donors (Lipinski definition) is 2. The van der Waals surface area contributed by atoms with Crippen LogP contribution < -0.4 is 5.32 Å². The van der Waals surface area contributed by atoms with Crippen molar-refractivity contribution in [2.75, 3.05) is 32.8 Å². The van der Waals surface area contributed by atoms with Gasteiger partial charge in [-0.05, 0) is 47.6 Å². The lowest BCUT2D eigenvalue weighted by molar-refractivity contribution is -0.150. The number of carboxylic acid groups (broad SMARTS) is 1. The Bertz CT molecular complexity index is 945. The van der Waals surface area contributed by atoms with Crippen molar-refractivity contribution in [3.05, 3.63) is 59.7 Å². The summed E-state index contributed by atoms with van der Waals surface area (Å²) in [6.45, 7) is 2.58. The molecular weight excluding hydrogens is 380 g/mol. The van der Waals surface area contributed by atoms with Gasteiger partial charge in [-0.2, -0.15) is 0 Å². The van der Waals surface area contributed by atoms with Crippen molar-refractivity contribution in [3.63, 3.8) is 0 Å². The second kappa shape index (κ2) is 7.43. The number of carbonyl (C=O) groups excluding carboxylic acids is 1. The van der Waals surface area contributed by atoms with Crippen LogP contribution >= 0.6 is 0 Å². The normalized spacial score (nSPS) is 26.7. The Balaban J connectivity index is 1.25. The first-order chi connectivity index (χ1) is 14.6. The Morgan fingerprint density at radius 2 is 1.77 bits per heavy atom. The number of benzene rings is 2. The van der Waals surface area contributed by atoms with E-state index in [-0.39, 0.29) is 25.0 Å². The Labute approximate surface area is 175 Å². The van der Waals surface area contributed by atoms with E-state index in [0.29, 0.717) is 6.54 Å². The number of nitrogens with one attached hydrogen (secondary N) is 1. The fraction of sp³-hybridized carbons (Fsp3) is 0.417. The molecule has 0 aromatic heterocycles. The predicted molar refractivity (Wildman–Crippen MR) is 112 cm³/mol. The molecule has 2 saturated heterocycles. The molecule has 2 aliphatic heterocycles. The molecule has 2 heterocycles. The van der Waals surface area contributed by atoms with Crippen LogP contribution in [0.1, 0.15) is 29.9 Å². The average molecular weight is 406 g/mol. The largest absolute Gasteiger partial charge is 0.481 e. The van der Waals surface area contributed by atoms with E-state index in [1.54, 1.807) is 0 Å². The van der Waals surface area contributed by atoms with Crippen molar-refractivity contribution in [1.29, 1.82) is 0 Å². The Hall–Kier alpha value is -2.86. The van der Waals surface area contributed by atoms with Crippen molar-refractivity contribution < 1.29 is 19.4 Å². The minimum absolute atomic E-state index is 0.00612. The maximum Gasteiger partial charge on any atom is 0.407 e. The van der Waals surface area contributed by atoms with Gasteiger partial charge in [0.25, 0.3) is 0 Å². The molecule has 0 spiro atoms. The van der Waals surface area contributed by atoms with E-state index in [2.05, 4.69) is 34.5 Å². The maximum absolute atomic E-state index is 12.5. The first kappa shape index (κ1) is 19.1. The molecule has 0 radical (unpaired) electrons. The van der Waals surface area contributed by atoms with E-state index < -0.39 is 17.5 Å². The van der Waals surface area contributed by atoms with Crippen LogP contribution in [0.4, 0.5) is 4.79 Å². The molecule has 0 saturated carbocycles. The summed E-state index contributed by atoms with van der Waals surface area (Å²) in [5.41, 5.74) is 3.76. The average Bonchev–Trinajstić information content (AvgIpc) is 3.22. The first-order valence-corrected chi connectivity index (χ1v) is 10.6. The molecule has 156 valence electrons. The van der Waals surface area contributed by atoms with Crippen LogP contribution in [0.2, 0.25) is 0 Å². The SMILES string of the molecule is O=C(NCC1(C(=O)O)CN2CCCC1C2)OCC1c2ccccc2-c2ccccc21. The molecule has 1 amide bonds. The third-order valence-electron chi connectivity index (χ3n) is 7.11. The molecule has 2 N–H and O–H groups in total. The van der Waals surface area contributed by atoms with Gasteiger partial charge in [0.15, 0.2) is 0 Å². The third-order valence-corrected chi connectivity index (χ3v) is 7.11. The molecular formula is C24H26N2O4. The summed E-state index contributed by atoms with van der Waals surface area (Å²) >= 11 is 0. The molecule has 3 aliphatic rings. The van der Waals surface area contributed by atoms with Crippen LogP contribution in [0.3, 0.4) is 0 Å². The van der Waals surface area contributed by atoms with Gasteiger partial charge in [-0.3, -0.25) is 4.79 Å². The quantitative estimate of drug-likeness (QED) is 0.796. The smallest absolute Gasteiger partial charge is 0.407 e. The summed E-state index contributed by atoms with van der Waals surface area (Å²) in [5.74, 6) is -0.748. The molecule has 1 aliphatic carbocycles. The Morgan fingerprint density at radius 3 is 2.40 bits per heavy atom. The fourth-order valence-corrected chi connectivity index (χ4v) is 5.58. The van der Waals surface area contributed by atoms with Crippen LogP contribution in [-0.4, -0.2) is 54.9 Å². The number of ether oxygens (including phenoxy) is 1. The van der Waals surface area contributed by atoms with Gasteiger partial charge in [-0.1, -0.05) is 48.5 Å². The topological polar surface area (TPSA) is 78.9 Å². The van der Waals surface area contributed by atoms with Gasteiger partial charge in [-0.15, -0.1) is 0 Å². The zero-order valence-corrected chi connectivity index (χ0v) is 16.8. The summed E-state index contributed by atoms with van der Waals surface area (Å²) < 4.78 is 5.58. The zero-order valence-electron chi connectivity index (χ0n) is 16.8. The second-order valence-electron chi connectivity index (χ2n) is 8.71. The summed E-state index contributed by atoms with van der Waals surface area (Å²) in [5, 5.41) is 12.7. The minimum Gasteiger partial charge on any atom is -0.481 e. The van der Waals surface area contributed by atoms with Crippen LogP contribution in [0.15, 0.2) is 48.5 Å². The van der Waals surface area contributed by atoms with E-state index in [0.717, 1.165) is 37.1 Å². The number of fused-ring (bicyclic) bond motifs is 5. The molecule has 2 aromatic rings. The van der Waals surface area contributed by atoms with E-state index in [1.807, 2.05) is 24.3 Å². The summed E-state index contributed by atoms with van der Waals surface area (Å²) in [4.78, 5) is 26.8. The highest BCUT2D eigenvalue weighted by Gasteiger charge is 2.53. The molecule has 2 bridgehead atoms. The van der Waals surface area contributed by atoms with E-state index in [1.165, 1.54) is 11.1 Å². The predicted octanol–water partition coefficient (Wildman–Crippen LogP) is 3.32. The first-order valence-electron chi connectivity index (χ1n) is 10.6. The summed E-state index contributed by atoms with van der Waals surface area (Å²) in [7, 11) is 0. The number of carbonyl (C=O) groups is 2. The Kier molecular flexibility index (Phi) is 4.74. The third kappa shape index (κ3) is 3.06. The highest BCUT2D eigenvalue weighted by Crippen LogP contribution is 2.45. The zero-order chi connectivity index (χ0) is 20.7. The lowest BCUT2D eigenvalue weighted by Crippen LogP contribution is -2.48. The number of piperidine rings is 1. The monoisotopic (exact) mass is 406 g/mol. The number of rotatable bonds is 5.